The highest BCUT2D eigenvalue weighted by Crippen LogP contribution is 2.13. The van der Waals surface area contributed by atoms with Crippen molar-refractivity contribution in [3.8, 4) is 0 Å². The summed E-state index contributed by atoms with van der Waals surface area (Å²) in [5, 5.41) is 14.2. The lowest BCUT2D eigenvalue weighted by Gasteiger charge is -2.05. The van der Waals surface area contributed by atoms with Crippen LogP contribution < -0.4 is 10.6 Å². The van der Waals surface area contributed by atoms with Gasteiger partial charge in [-0.15, -0.1) is 0 Å². The molecule has 2 amide bonds. The van der Waals surface area contributed by atoms with Crippen LogP contribution in [0.1, 0.15) is 76.7 Å². The first-order valence-corrected chi connectivity index (χ1v) is 10.6. The maximum atomic E-state index is 11.9. The molecule has 1 aromatic rings. The molecule has 1 rings (SSSR count). The van der Waals surface area contributed by atoms with Crippen molar-refractivity contribution < 1.29 is 19.5 Å². The van der Waals surface area contributed by atoms with E-state index < -0.39 is 5.97 Å². The van der Waals surface area contributed by atoms with Crippen LogP contribution >= 0.6 is 0 Å². The summed E-state index contributed by atoms with van der Waals surface area (Å²) in [5.41, 5.74) is 1.35. The van der Waals surface area contributed by atoms with Crippen LogP contribution in [-0.4, -0.2) is 29.4 Å². The number of anilines is 1. The fourth-order valence-electron chi connectivity index (χ4n) is 2.87. The molecule has 0 aliphatic rings. The lowest BCUT2D eigenvalue weighted by atomic mass is 10.1. The van der Waals surface area contributed by atoms with Gasteiger partial charge in [-0.1, -0.05) is 64.0 Å². The highest BCUT2D eigenvalue weighted by atomic mass is 16.4. The predicted molar refractivity (Wildman–Crippen MR) is 117 cm³/mol. The second-order valence-corrected chi connectivity index (χ2v) is 7.17. The van der Waals surface area contributed by atoms with Crippen LogP contribution in [0, 0.1) is 0 Å². The number of benzene rings is 1. The Labute approximate surface area is 173 Å². The van der Waals surface area contributed by atoms with Gasteiger partial charge in [0.05, 0.1) is 6.42 Å². The van der Waals surface area contributed by atoms with Gasteiger partial charge in [0.2, 0.25) is 11.8 Å². The van der Waals surface area contributed by atoms with Gasteiger partial charge >= 0.3 is 5.97 Å². The maximum Gasteiger partial charge on any atom is 0.303 e. The Morgan fingerprint density at radius 2 is 1.66 bits per heavy atom. The summed E-state index contributed by atoms with van der Waals surface area (Å²) >= 11 is 0. The fourth-order valence-corrected chi connectivity index (χ4v) is 2.87. The molecule has 0 bridgehead atoms. The first-order chi connectivity index (χ1) is 14.0. The molecule has 0 aliphatic heterocycles. The van der Waals surface area contributed by atoms with Crippen molar-refractivity contribution in [2.45, 2.75) is 71.1 Å². The zero-order valence-electron chi connectivity index (χ0n) is 17.4. The third-order valence-corrected chi connectivity index (χ3v) is 4.49. The van der Waals surface area contributed by atoms with Gasteiger partial charge in [-0.25, -0.2) is 0 Å². The maximum absolute atomic E-state index is 11.9. The number of aliphatic carboxylic acids is 1. The number of hydrogen-bond donors (Lipinski definition) is 3. The number of rotatable bonds is 15. The van der Waals surface area contributed by atoms with Crippen LogP contribution in [-0.2, 0) is 14.4 Å². The molecule has 0 radical (unpaired) electrons. The third kappa shape index (κ3) is 13.2. The number of hydrogen-bond acceptors (Lipinski definition) is 3. The average molecular weight is 403 g/mol. The normalized spacial score (nSPS) is 10.8. The van der Waals surface area contributed by atoms with Crippen LogP contribution in [0.5, 0.6) is 0 Å². The van der Waals surface area contributed by atoms with Crippen LogP contribution in [0.25, 0.3) is 6.08 Å². The quantitative estimate of drug-likeness (QED) is 0.291. The molecule has 0 saturated carbocycles. The molecule has 0 saturated heterocycles. The summed E-state index contributed by atoms with van der Waals surface area (Å²) in [4.78, 5) is 34.1. The minimum absolute atomic E-state index is 0.0729. The van der Waals surface area contributed by atoms with Gasteiger partial charge in [0.25, 0.3) is 0 Å². The molecule has 0 spiro atoms. The molecule has 0 fully saturated rings. The minimum atomic E-state index is -1.00. The number of nitrogens with one attached hydrogen (secondary N) is 2. The molecule has 160 valence electrons. The second kappa shape index (κ2) is 15.3. The van der Waals surface area contributed by atoms with E-state index in [1.54, 1.807) is 24.3 Å². The fraction of sp³-hybridized carbons (Fsp3) is 0.522. The summed E-state index contributed by atoms with van der Waals surface area (Å²) in [6.07, 6.45) is 12.7. The largest absolute Gasteiger partial charge is 0.481 e. The first-order valence-electron chi connectivity index (χ1n) is 10.6. The molecule has 1 aromatic carbocycles. The van der Waals surface area contributed by atoms with Crippen LogP contribution in [0.3, 0.4) is 0 Å². The lowest BCUT2D eigenvalue weighted by Crippen LogP contribution is -2.21. The topological polar surface area (TPSA) is 95.5 Å². The van der Waals surface area contributed by atoms with E-state index in [0.29, 0.717) is 12.2 Å². The van der Waals surface area contributed by atoms with Crippen molar-refractivity contribution in [2.75, 3.05) is 11.9 Å². The third-order valence-electron chi connectivity index (χ3n) is 4.49. The number of unbranched alkanes of at least 4 members (excludes halogenated alkanes) is 7. The van der Waals surface area contributed by atoms with Gasteiger partial charge in [0, 0.05) is 24.7 Å². The molecule has 0 aromatic heterocycles. The first kappa shape index (κ1) is 24.4. The number of carbonyl (C=O) groups is 3. The van der Waals surface area contributed by atoms with Crippen molar-refractivity contribution in [2.24, 2.45) is 0 Å². The smallest absolute Gasteiger partial charge is 0.303 e. The van der Waals surface area contributed by atoms with E-state index >= 15 is 0 Å². The van der Waals surface area contributed by atoms with E-state index in [0.717, 1.165) is 18.4 Å². The van der Waals surface area contributed by atoms with Crippen molar-refractivity contribution in [3.63, 3.8) is 0 Å². The van der Waals surface area contributed by atoms with Gasteiger partial charge in [-0.2, -0.15) is 0 Å². The summed E-state index contributed by atoms with van der Waals surface area (Å²) in [6, 6.07) is 7.06. The highest BCUT2D eigenvalue weighted by molar-refractivity contribution is 5.94. The Morgan fingerprint density at radius 1 is 0.966 bits per heavy atom. The minimum Gasteiger partial charge on any atom is -0.481 e. The molecule has 0 heterocycles. The van der Waals surface area contributed by atoms with E-state index in [-0.39, 0.29) is 24.7 Å². The Bertz CT molecular complexity index is 671. The summed E-state index contributed by atoms with van der Waals surface area (Å²) in [7, 11) is 0. The van der Waals surface area contributed by atoms with Gasteiger partial charge in [-0.3, -0.25) is 14.4 Å². The molecule has 6 nitrogen and oxygen atoms in total. The SMILES string of the molecule is CCCCCCCCCCNC(=O)/C=C\c1cccc(NC(=O)CCC(=O)O)c1. The Morgan fingerprint density at radius 3 is 2.34 bits per heavy atom. The lowest BCUT2D eigenvalue weighted by molar-refractivity contribution is -0.138. The van der Waals surface area contributed by atoms with Crippen molar-refractivity contribution in [3.05, 3.63) is 35.9 Å². The molecular weight excluding hydrogens is 368 g/mol. The van der Waals surface area contributed by atoms with Crippen molar-refractivity contribution in [1.29, 1.82) is 0 Å². The highest BCUT2D eigenvalue weighted by Gasteiger charge is 2.06. The molecule has 3 N–H and O–H groups in total. The molecular formula is C23H34N2O4. The average Bonchev–Trinajstić information content (AvgIpc) is 2.70. The number of carboxylic acid groups (broad SMARTS) is 1. The van der Waals surface area contributed by atoms with E-state index in [2.05, 4.69) is 17.6 Å². The molecule has 6 heteroatoms. The summed E-state index contributed by atoms with van der Waals surface area (Å²) < 4.78 is 0. The standard InChI is InChI=1S/C23H34N2O4/c1-2-3-4-5-6-7-8-9-17-24-21(26)14-13-19-11-10-12-20(18-19)25-22(27)15-16-23(28)29/h10-14,18H,2-9,15-17H2,1H3,(H,24,26)(H,25,27)(H,28,29)/b14-13-. The second-order valence-electron chi connectivity index (χ2n) is 7.17. The van der Waals surface area contributed by atoms with Crippen LogP contribution in [0.15, 0.2) is 30.3 Å². The van der Waals surface area contributed by atoms with Gasteiger partial charge in [0.1, 0.15) is 0 Å². The zero-order valence-corrected chi connectivity index (χ0v) is 17.4. The van der Waals surface area contributed by atoms with Gasteiger partial charge in [-0.05, 0) is 30.2 Å². The van der Waals surface area contributed by atoms with E-state index in [1.807, 2.05) is 6.07 Å². The van der Waals surface area contributed by atoms with Gasteiger partial charge in [0.15, 0.2) is 0 Å². The zero-order chi connectivity index (χ0) is 21.3. The number of amides is 2. The Hall–Kier alpha value is -2.63. The van der Waals surface area contributed by atoms with Crippen LogP contribution in [0.4, 0.5) is 5.69 Å². The predicted octanol–water partition coefficient (Wildman–Crippen LogP) is 4.76. The van der Waals surface area contributed by atoms with Crippen molar-refractivity contribution in [1.82, 2.24) is 5.32 Å². The summed E-state index contributed by atoms with van der Waals surface area (Å²) in [5.74, 6) is -1.49. The number of carbonyl (C=O) groups excluding carboxylic acids is 2. The van der Waals surface area contributed by atoms with Gasteiger partial charge < -0.3 is 15.7 Å². The Balaban J connectivity index is 2.26. The monoisotopic (exact) mass is 402 g/mol. The molecule has 0 atom stereocenters. The van der Waals surface area contributed by atoms with E-state index in [9.17, 15) is 14.4 Å². The summed E-state index contributed by atoms with van der Waals surface area (Å²) in [6.45, 7) is 2.90. The van der Waals surface area contributed by atoms with E-state index in [4.69, 9.17) is 5.11 Å². The number of carboxylic acids is 1. The Kier molecular flexibility index (Phi) is 12.9. The molecule has 29 heavy (non-hydrogen) atoms. The van der Waals surface area contributed by atoms with Crippen molar-refractivity contribution >= 4 is 29.5 Å². The molecule has 0 aliphatic carbocycles. The van der Waals surface area contributed by atoms with E-state index in [1.165, 1.54) is 44.6 Å². The van der Waals surface area contributed by atoms with Crippen LogP contribution in [0.2, 0.25) is 0 Å². The molecule has 0 unspecified atom stereocenters.